The zero-order valence-corrected chi connectivity index (χ0v) is 18.1. The smallest absolute Gasteiger partial charge is 0.369 e. The summed E-state index contributed by atoms with van der Waals surface area (Å²) in [5.74, 6) is -7.71. The predicted octanol–water partition coefficient (Wildman–Crippen LogP) is -0.668. The highest BCUT2D eigenvalue weighted by atomic mass is 19.2. The van der Waals surface area contributed by atoms with Gasteiger partial charge in [0.05, 0.1) is 18.6 Å². The van der Waals surface area contributed by atoms with Gasteiger partial charge in [0.25, 0.3) is 5.91 Å². The molecule has 1 aromatic carbocycles. The third kappa shape index (κ3) is 5.55. The van der Waals surface area contributed by atoms with Crippen molar-refractivity contribution in [2.45, 2.75) is 49.7 Å². The Morgan fingerprint density at radius 2 is 1.94 bits per heavy atom. The van der Waals surface area contributed by atoms with Crippen molar-refractivity contribution in [2.24, 2.45) is 0 Å². The number of aliphatic hydroxyl groups is 2. The average Bonchev–Trinajstić information content (AvgIpc) is 2.77. The van der Waals surface area contributed by atoms with Crippen LogP contribution >= 0.6 is 0 Å². The Balaban J connectivity index is 1.75. The van der Waals surface area contributed by atoms with E-state index in [0.29, 0.717) is 5.39 Å². The quantitative estimate of drug-likeness (QED) is 0.265. The number of fused-ring (bicyclic) bond motifs is 1. The molecule has 6 atom stereocenters. The third-order valence-corrected chi connectivity index (χ3v) is 5.38. The van der Waals surface area contributed by atoms with Crippen LogP contribution in [0.15, 0.2) is 33.5 Å². The number of ether oxygens (including phenoxy) is 1. The number of carboxylic acid groups (broad SMARTS) is 1. The summed E-state index contributed by atoms with van der Waals surface area (Å²) in [7, 11) is 0. The molecule has 0 saturated carbocycles. The second-order valence-electron chi connectivity index (χ2n) is 8.00. The zero-order valence-electron chi connectivity index (χ0n) is 18.1. The van der Waals surface area contributed by atoms with E-state index < -0.39 is 78.3 Å². The van der Waals surface area contributed by atoms with Gasteiger partial charge in [-0.15, -0.1) is 0 Å². The highest BCUT2D eigenvalue weighted by molar-refractivity contribution is 5.96. The molecule has 1 aliphatic rings. The molecule has 0 bridgehead atoms. The van der Waals surface area contributed by atoms with Gasteiger partial charge >= 0.3 is 17.4 Å². The molecule has 3 rings (SSSR count). The number of aliphatic carboxylic acids is 1. The first-order valence-electron chi connectivity index (χ1n) is 10.2. The van der Waals surface area contributed by atoms with Crippen LogP contribution in [0.25, 0.3) is 11.0 Å². The number of alkyl halides is 2. The Bertz CT molecular complexity index is 1200. The van der Waals surface area contributed by atoms with E-state index in [9.17, 15) is 43.3 Å². The minimum absolute atomic E-state index is 0.00869. The number of carbonyl (C=O) groups is 3. The lowest BCUT2D eigenvalue weighted by Gasteiger charge is -2.42. The van der Waals surface area contributed by atoms with Gasteiger partial charge in [0.1, 0.15) is 35.3 Å². The number of hydrogen-bond acceptors (Lipinski definition) is 9. The van der Waals surface area contributed by atoms with Crippen molar-refractivity contribution in [1.82, 2.24) is 10.6 Å². The molecule has 190 valence electrons. The number of amides is 2. The molecule has 1 aromatic heterocycles. The topological polar surface area (TPSA) is 196 Å². The van der Waals surface area contributed by atoms with Gasteiger partial charge in [0.2, 0.25) is 5.91 Å². The van der Waals surface area contributed by atoms with Crippen molar-refractivity contribution in [3.8, 4) is 5.75 Å². The Kier molecular flexibility index (Phi) is 7.38. The average molecular weight is 500 g/mol. The van der Waals surface area contributed by atoms with Gasteiger partial charge in [-0.3, -0.25) is 9.59 Å². The summed E-state index contributed by atoms with van der Waals surface area (Å²) >= 11 is 0. The number of benzene rings is 1. The number of aromatic hydroxyl groups is 1. The molecule has 0 spiro atoms. The lowest BCUT2D eigenvalue weighted by atomic mass is 9.90. The van der Waals surface area contributed by atoms with Crippen LogP contribution in [-0.4, -0.2) is 81.1 Å². The summed E-state index contributed by atoms with van der Waals surface area (Å²) in [5, 5.41) is 43.8. The molecule has 35 heavy (non-hydrogen) atoms. The van der Waals surface area contributed by atoms with Gasteiger partial charge in [0, 0.05) is 24.9 Å². The van der Waals surface area contributed by atoms with Crippen molar-refractivity contribution in [3.05, 3.63) is 40.2 Å². The molecule has 2 heterocycles. The fourth-order valence-corrected chi connectivity index (χ4v) is 3.64. The molecule has 12 nitrogen and oxygen atoms in total. The molecule has 0 radical (unpaired) electrons. The highest BCUT2D eigenvalue weighted by Gasteiger charge is 2.56. The predicted molar refractivity (Wildman–Crippen MR) is 112 cm³/mol. The number of nitrogens with one attached hydrogen (secondary N) is 2. The van der Waals surface area contributed by atoms with Crippen LogP contribution in [0.2, 0.25) is 0 Å². The number of carbonyl (C=O) groups excluding carboxylic acids is 2. The summed E-state index contributed by atoms with van der Waals surface area (Å²) in [6.07, 6.45) is -9.76. The molecular weight excluding hydrogens is 478 g/mol. The third-order valence-electron chi connectivity index (χ3n) is 5.38. The molecule has 2 aromatic rings. The van der Waals surface area contributed by atoms with Crippen LogP contribution in [0.4, 0.5) is 8.78 Å². The molecule has 1 fully saturated rings. The van der Waals surface area contributed by atoms with E-state index in [4.69, 9.17) is 14.3 Å². The van der Waals surface area contributed by atoms with Crippen LogP contribution in [0, 0.1) is 0 Å². The van der Waals surface area contributed by atoms with E-state index in [0.717, 1.165) is 19.1 Å². The maximum absolute atomic E-state index is 14.6. The van der Waals surface area contributed by atoms with Gasteiger partial charge in [-0.05, 0) is 18.2 Å². The maximum atomic E-state index is 14.6. The van der Waals surface area contributed by atoms with E-state index in [1.54, 1.807) is 0 Å². The molecule has 14 heteroatoms. The number of halogens is 2. The van der Waals surface area contributed by atoms with Crippen LogP contribution in [0.3, 0.4) is 0 Å². The second-order valence-corrected chi connectivity index (χ2v) is 8.00. The summed E-state index contributed by atoms with van der Waals surface area (Å²) in [6.45, 7) is 0.237. The lowest BCUT2D eigenvalue weighted by Crippen LogP contribution is -2.65. The van der Waals surface area contributed by atoms with Gasteiger partial charge in [-0.25, -0.2) is 14.0 Å². The molecule has 6 N–H and O–H groups in total. The minimum atomic E-state index is -3.54. The molecule has 1 aliphatic heterocycles. The van der Waals surface area contributed by atoms with Crippen molar-refractivity contribution in [1.29, 1.82) is 0 Å². The van der Waals surface area contributed by atoms with Crippen LogP contribution in [0.5, 0.6) is 5.75 Å². The maximum Gasteiger partial charge on any atom is 0.369 e. The van der Waals surface area contributed by atoms with E-state index >= 15 is 0 Å². The van der Waals surface area contributed by atoms with Gasteiger partial charge < -0.3 is 40.2 Å². The van der Waals surface area contributed by atoms with Crippen LogP contribution in [-0.2, 0) is 14.3 Å². The largest absolute Gasteiger partial charge is 0.508 e. The first-order valence-corrected chi connectivity index (χ1v) is 10.2. The lowest BCUT2D eigenvalue weighted by molar-refractivity contribution is -0.260. The molecule has 2 amide bonds. The normalized spacial score (nSPS) is 26.0. The van der Waals surface area contributed by atoms with Gasteiger partial charge in [-0.1, -0.05) is 0 Å². The molecular formula is C21H22F2N2O10. The summed E-state index contributed by atoms with van der Waals surface area (Å²) in [5.41, 5.74) is -1.54. The first-order chi connectivity index (χ1) is 16.3. The summed E-state index contributed by atoms with van der Waals surface area (Å²) in [6, 6.07) is 3.28. The Morgan fingerprint density at radius 1 is 1.26 bits per heavy atom. The van der Waals surface area contributed by atoms with Crippen LogP contribution < -0.4 is 16.3 Å². The van der Waals surface area contributed by atoms with E-state index in [2.05, 4.69) is 10.6 Å². The highest BCUT2D eigenvalue weighted by Crippen LogP contribution is 2.34. The Labute approximate surface area is 195 Å². The molecule has 0 aliphatic carbocycles. The number of phenols is 1. The number of carboxylic acids is 1. The van der Waals surface area contributed by atoms with E-state index in [-0.39, 0.29) is 11.3 Å². The van der Waals surface area contributed by atoms with Gasteiger partial charge in [0.15, 0.2) is 0 Å². The Hall–Kier alpha value is -3.62. The number of phenolic OH excluding ortho intramolecular Hbond substituents is 1. The van der Waals surface area contributed by atoms with Crippen molar-refractivity contribution in [2.75, 3.05) is 6.54 Å². The fraction of sp³-hybridized carbons (Fsp3) is 0.429. The van der Waals surface area contributed by atoms with Crippen molar-refractivity contribution >= 4 is 28.8 Å². The standard InChI is InChI=1S/C21H22F2N2O10/c1-8(26)25-15-12(22)6-21(23,20(32)33)35-17(15)16(29)13(28)7-24-18(30)11-4-9-2-3-10(27)5-14(9)34-19(11)31/h2-5,12-13,15-17,27-29H,6-7H2,1H3,(H,24,30)(H,25,26)(H,32,33)/t12-,13+,15+,16+,17+,21+/m0/s1. The van der Waals surface area contributed by atoms with Crippen LogP contribution in [0.1, 0.15) is 23.7 Å². The summed E-state index contributed by atoms with van der Waals surface area (Å²) < 4.78 is 38.8. The second kappa shape index (κ2) is 9.93. The fourth-order valence-electron chi connectivity index (χ4n) is 3.64. The first kappa shape index (κ1) is 26.0. The van der Waals surface area contributed by atoms with Crippen molar-refractivity contribution in [3.63, 3.8) is 0 Å². The minimum Gasteiger partial charge on any atom is -0.508 e. The Morgan fingerprint density at radius 3 is 2.57 bits per heavy atom. The summed E-state index contributed by atoms with van der Waals surface area (Å²) in [4.78, 5) is 47.1. The monoisotopic (exact) mass is 500 g/mol. The van der Waals surface area contributed by atoms with E-state index in [1.807, 2.05) is 0 Å². The number of rotatable bonds is 7. The van der Waals surface area contributed by atoms with Crippen molar-refractivity contribution < 1.29 is 52.7 Å². The number of aliphatic hydroxyl groups excluding tert-OH is 2. The molecule has 1 saturated heterocycles. The van der Waals surface area contributed by atoms with Gasteiger partial charge in [-0.2, -0.15) is 4.39 Å². The SMILES string of the molecule is CC(=O)N[C@H]1[C@H]([C@H](O)[C@H](O)CNC(=O)c2cc3ccc(O)cc3oc2=O)O[C@@](F)(C(=O)O)C[C@@H]1F. The zero-order chi connectivity index (χ0) is 26.1. The molecule has 0 unspecified atom stereocenters. The van der Waals surface area contributed by atoms with E-state index in [1.165, 1.54) is 12.1 Å². The number of hydrogen-bond donors (Lipinski definition) is 6.